The van der Waals surface area contributed by atoms with Gasteiger partial charge in [0.1, 0.15) is 18.0 Å². The number of carbonyl (C=O) groups excluding carboxylic acids is 3. The zero-order valence-corrected chi connectivity index (χ0v) is 25.7. The molecule has 0 aromatic heterocycles. The molecule has 1 amide bonds. The molecule has 9 nitrogen and oxygen atoms in total. The molecule has 2 bridgehead atoms. The van der Waals surface area contributed by atoms with E-state index in [2.05, 4.69) is 13.8 Å². The van der Waals surface area contributed by atoms with Crippen LogP contribution in [0.4, 0.5) is 10.5 Å². The predicted molar refractivity (Wildman–Crippen MR) is 155 cm³/mol. The van der Waals surface area contributed by atoms with E-state index in [1.165, 1.54) is 23.4 Å². The number of hydrogen-bond acceptors (Lipinski definition) is 7. The van der Waals surface area contributed by atoms with E-state index in [0.717, 1.165) is 18.4 Å². The van der Waals surface area contributed by atoms with Gasteiger partial charge >= 0.3 is 12.1 Å². The van der Waals surface area contributed by atoms with Gasteiger partial charge in [-0.15, -0.1) is 0 Å². The molecule has 6 rings (SSSR count). The van der Waals surface area contributed by atoms with E-state index >= 15 is 0 Å². The topological polar surface area (TPSA) is 110 Å². The SMILES string of the molecule is COC(=O)[C@@H]1C[C@@]2(C[C@@H]3C(=O)[C@]4(C)CC[C@H]3C4(C)C)c3ccccc3N(S(=O)(=O)c3ccc(C)cc3)[C@H]2N1C(=O)OC. The molecule has 0 unspecified atom stereocenters. The fourth-order valence-electron chi connectivity index (χ4n) is 8.74. The number of sulfonamides is 1. The van der Waals surface area contributed by atoms with E-state index in [0.29, 0.717) is 17.7 Å². The van der Waals surface area contributed by atoms with Gasteiger partial charge in [-0.05, 0) is 67.7 Å². The van der Waals surface area contributed by atoms with Crippen molar-refractivity contribution in [3.05, 3.63) is 59.7 Å². The number of rotatable bonds is 5. The molecule has 2 aromatic rings. The first-order valence-electron chi connectivity index (χ1n) is 14.5. The molecule has 0 radical (unpaired) electrons. The third kappa shape index (κ3) is 3.53. The van der Waals surface area contributed by atoms with Crippen LogP contribution in [0.1, 0.15) is 57.6 Å². The van der Waals surface area contributed by atoms with E-state index in [9.17, 15) is 22.8 Å². The van der Waals surface area contributed by atoms with Gasteiger partial charge in [0, 0.05) is 16.7 Å². The zero-order valence-electron chi connectivity index (χ0n) is 24.9. The third-order valence-corrected chi connectivity index (χ3v) is 13.0. The summed E-state index contributed by atoms with van der Waals surface area (Å²) in [4.78, 5) is 42.2. The molecule has 3 fully saturated rings. The van der Waals surface area contributed by atoms with Gasteiger partial charge in [-0.1, -0.05) is 56.7 Å². The Bertz CT molecular complexity index is 1590. The Morgan fingerprint density at radius 2 is 1.67 bits per heavy atom. The number of para-hydroxylation sites is 1. The maximum absolute atomic E-state index is 14.5. The molecule has 10 heteroatoms. The Kier molecular flexibility index (Phi) is 6.36. The highest BCUT2D eigenvalue weighted by molar-refractivity contribution is 7.92. The summed E-state index contributed by atoms with van der Waals surface area (Å²) < 4.78 is 40.7. The molecule has 2 aliphatic heterocycles. The summed E-state index contributed by atoms with van der Waals surface area (Å²) in [5, 5.41) is 0. The first-order chi connectivity index (χ1) is 19.8. The Labute approximate surface area is 247 Å². The van der Waals surface area contributed by atoms with Crippen molar-refractivity contribution in [1.82, 2.24) is 4.90 Å². The molecule has 2 saturated carbocycles. The number of carbonyl (C=O) groups is 3. The molecule has 224 valence electrons. The van der Waals surface area contributed by atoms with Crippen LogP contribution in [-0.4, -0.2) is 57.6 Å². The number of methoxy groups -OCH3 is 2. The van der Waals surface area contributed by atoms with Crippen LogP contribution in [-0.2, 0) is 34.5 Å². The lowest BCUT2D eigenvalue weighted by atomic mass is 9.67. The summed E-state index contributed by atoms with van der Waals surface area (Å²) in [7, 11) is -1.78. The number of likely N-dealkylation sites (tertiary alicyclic amines) is 1. The van der Waals surface area contributed by atoms with Gasteiger partial charge in [0.25, 0.3) is 10.0 Å². The van der Waals surface area contributed by atoms with E-state index < -0.39 is 45.1 Å². The summed E-state index contributed by atoms with van der Waals surface area (Å²) in [5.74, 6) is -0.734. The van der Waals surface area contributed by atoms with Crippen molar-refractivity contribution in [3.63, 3.8) is 0 Å². The van der Waals surface area contributed by atoms with Gasteiger partial charge in [-0.25, -0.2) is 22.3 Å². The van der Waals surface area contributed by atoms with Crippen LogP contribution < -0.4 is 4.31 Å². The van der Waals surface area contributed by atoms with Crippen LogP contribution in [0.2, 0.25) is 0 Å². The Balaban J connectivity index is 1.59. The van der Waals surface area contributed by atoms with Crippen LogP contribution in [0, 0.1) is 29.6 Å². The number of esters is 1. The highest BCUT2D eigenvalue weighted by atomic mass is 32.2. The molecule has 4 aliphatic rings. The molecule has 2 aromatic carbocycles. The average molecular weight is 595 g/mol. The lowest BCUT2D eigenvalue weighted by molar-refractivity contribution is -0.145. The number of aryl methyl sites for hydroxylation is 1. The summed E-state index contributed by atoms with van der Waals surface area (Å²) in [6, 6.07) is 12.6. The van der Waals surface area contributed by atoms with Crippen LogP contribution >= 0.6 is 0 Å². The summed E-state index contributed by atoms with van der Waals surface area (Å²) >= 11 is 0. The number of Topliss-reactive ketones (excluding diaryl/α,β-unsaturated/α-hetero) is 1. The van der Waals surface area contributed by atoms with Gasteiger partial charge in [0.2, 0.25) is 0 Å². The molecule has 2 heterocycles. The minimum absolute atomic E-state index is 0.0645. The molecule has 42 heavy (non-hydrogen) atoms. The van der Waals surface area contributed by atoms with Gasteiger partial charge in [0.05, 0.1) is 24.8 Å². The normalized spacial score (nSPS) is 32.6. The van der Waals surface area contributed by atoms with Crippen LogP contribution in [0.5, 0.6) is 0 Å². The Morgan fingerprint density at radius 3 is 2.26 bits per heavy atom. The number of benzene rings is 2. The van der Waals surface area contributed by atoms with Crippen molar-refractivity contribution < 1.29 is 32.3 Å². The standard InChI is InChI=1S/C32H38N2O7S/c1-19-11-13-20(14-12-19)42(38,39)34-24-10-8-7-9-23(24)32(17-21-22-15-16-31(4,26(21)35)30(22,2)3)18-25(27(36)40-5)33(28(32)34)29(37)41-6/h7-14,21-22,25,28H,15-18H2,1-6H3/t21-,22+,25-,28+,31-,32-/m0/s1. The molecule has 0 N–H and O–H groups in total. The summed E-state index contributed by atoms with van der Waals surface area (Å²) in [5.41, 5.74) is 0.265. The van der Waals surface area contributed by atoms with Crippen molar-refractivity contribution in [3.8, 4) is 0 Å². The lowest BCUT2D eigenvalue weighted by Gasteiger charge is -2.39. The van der Waals surface area contributed by atoms with Gasteiger partial charge < -0.3 is 9.47 Å². The van der Waals surface area contributed by atoms with Gasteiger partial charge in [-0.2, -0.15) is 0 Å². The molecule has 0 spiro atoms. The minimum atomic E-state index is -4.24. The lowest BCUT2D eigenvalue weighted by Crippen LogP contribution is -2.56. The van der Waals surface area contributed by atoms with E-state index in [-0.39, 0.29) is 34.4 Å². The second kappa shape index (κ2) is 9.30. The smallest absolute Gasteiger partial charge is 0.411 e. The predicted octanol–water partition coefficient (Wildman–Crippen LogP) is 4.81. The van der Waals surface area contributed by atoms with Gasteiger partial charge in [-0.3, -0.25) is 9.69 Å². The average Bonchev–Trinajstić information content (AvgIpc) is 3.56. The first kappa shape index (κ1) is 28.7. The van der Waals surface area contributed by atoms with E-state index in [1.807, 2.05) is 26.0 Å². The number of nitrogens with zero attached hydrogens (tertiary/aromatic N) is 2. The number of ether oxygens (including phenoxy) is 2. The number of amides is 1. The summed E-state index contributed by atoms with van der Waals surface area (Å²) in [6.45, 7) is 8.23. The van der Waals surface area contributed by atoms with Crippen molar-refractivity contribution in [2.45, 2.75) is 75.9 Å². The summed E-state index contributed by atoms with van der Waals surface area (Å²) in [6.07, 6.45) is 0.151. The van der Waals surface area contributed by atoms with E-state index in [1.54, 1.807) is 36.4 Å². The van der Waals surface area contributed by atoms with Crippen LogP contribution in [0.25, 0.3) is 0 Å². The highest BCUT2D eigenvalue weighted by Gasteiger charge is 2.71. The maximum atomic E-state index is 14.5. The van der Waals surface area contributed by atoms with E-state index in [4.69, 9.17) is 9.47 Å². The third-order valence-electron chi connectivity index (χ3n) is 11.2. The fourth-order valence-corrected chi connectivity index (χ4v) is 10.4. The first-order valence-corrected chi connectivity index (χ1v) is 15.9. The second-order valence-electron chi connectivity index (χ2n) is 13.2. The number of fused-ring (bicyclic) bond motifs is 5. The fraction of sp³-hybridized carbons (Fsp3) is 0.531. The molecule has 1 saturated heterocycles. The van der Waals surface area contributed by atoms with Crippen molar-refractivity contribution in [1.29, 1.82) is 0 Å². The van der Waals surface area contributed by atoms with Crippen LogP contribution in [0.15, 0.2) is 53.4 Å². The second-order valence-corrected chi connectivity index (χ2v) is 15.0. The molecular formula is C32H38N2O7S. The highest BCUT2D eigenvalue weighted by Crippen LogP contribution is 2.69. The monoisotopic (exact) mass is 594 g/mol. The molecule has 6 atom stereocenters. The molecular weight excluding hydrogens is 556 g/mol. The van der Waals surface area contributed by atoms with Crippen molar-refractivity contribution >= 4 is 33.6 Å². The number of anilines is 1. The Hall–Kier alpha value is -3.40. The number of hydrogen-bond donors (Lipinski definition) is 0. The molecule has 2 aliphatic carbocycles. The minimum Gasteiger partial charge on any atom is -0.467 e. The Morgan fingerprint density at radius 1 is 1.00 bits per heavy atom. The van der Waals surface area contributed by atoms with Gasteiger partial charge in [0.15, 0.2) is 0 Å². The quantitative estimate of drug-likeness (QED) is 0.457. The van der Waals surface area contributed by atoms with Crippen LogP contribution in [0.3, 0.4) is 0 Å². The number of ketones is 1. The zero-order chi connectivity index (χ0) is 30.4. The maximum Gasteiger partial charge on any atom is 0.411 e. The largest absolute Gasteiger partial charge is 0.467 e. The van der Waals surface area contributed by atoms with Crippen molar-refractivity contribution in [2.75, 3.05) is 18.5 Å². The van der Waals surface area contributed by atoms with Crippen molar-refractivity contribution in [2.24, 2.45) is 22.7 Å².